The van der Waals surface area contributed by atoms with E-state index in [9.17, 15) is 24.8 Å². The van der Waals surface area contributed by atoms with Gasteiger partial charge in [-0.1, -0.05) is 13.8 Å². The van der Waals surface area contributed by atoms with E-state index in [2.05, 4.69) is 5.32 Å². The number of hydrogen-bond acceptors (Lipinski definition) is 8. The number of aliphatic hydroxyl groups is 1. The maximum absolute atomic E-state index is 12.1. The van der Waals surface area contributed by atoms with E-state index in [0.717, 1.165) is 0 Å². The van der Waals surface area contributed by atoms with Crippen molar-refractivity contribution in [3.8, 4) is 0 Å². The SMILES string of the molecule is CC(C)CC(=O)[C@H](NO)NC(=O)[C@H](N)[C@@H](O)c1ccc([N+](=O)[O-])cc1. The molecule has 6 N–H and O–H groups in total. The zero-order valence-electron chi connectivity index (χ0n) is 13.9. The van der Waals surface area contributed by atoms with Crippen LogP contribution in [0, 0.1) is 16.0 Å². The largest absolute Gasteiger partial charge is 0.386 e. The van der Waals surface area contributed by atoms with E-state index >= 15 is 0 Å². The van der Waals surface area contributed by atoms with Crippen molar-refractivity contribution in [3.63, 3.8) is 0 Å². The minimum atomic E-state index is -1.44. The van der Waals surface area contributed by atoms with Crippen molar-refractivity contribution in [1.29, 1.82) is 0 Å². The molecule has 10 nitrogen and oxygen atoms in total. The average Bonchev–Trinajstić information content (AvgIpc) is 2.57. The van der Waals surface area contributed by atoms with Crippen molar-refractivity contribution in [2.24, 2.45) is 11.7 Å². The van der Waals surface area contributed by atoms with E-state index in [1.165, 1.54) is 24.3 Å². The van der Waals surface area contributed by atoms with Gasteiger partial charge in [-0.3, -0.25) is 19.7 Å². The van der Waals surface area contributed by atoms with Crippen LogP contribution < -0.4 is 16.5 Å². The lowest BCUT2D eigenvalue weighted by Gasteiger charge is -2.22. The van der Waals surface area contributed by atoms with Gasteiger partial charge in [0, 0.05) is 18.6 Å². The third-order valence-electron chi connectivity index (χ3n) is 3.44. The Balaban J connectivity index is 2.76. The van der Waals surface area contributed by atoms with Crippen LogP contribution in [0.5, 0.6) is 0 Å². The Kier molecular flexibility index (Phi) is 7.58. The smallest absolute Gasteiger partial charge is 0.269 e. The zero-order chi connectivity index (χ0) is 19.1. The first kappa shape index (κ1) is 20.6. The monoisotopic (exact) mass is 354 g/mol. The number of aliphatic hydroxyl groups excluding tert-OH is 1. The number of nitrogens with one attached hydrogen (secondary N) is 2. The van der Waals surface area contributed by atoms with Gasteiger partial charge in [-0.15, -0.1) is 0 Å². The third kappa shape index (κ3) is 5.87. The zero-order valence-corrected chi connectivity index (χ0v) is 13.9. The molecule has 0 heterocycles. The molecule has 0 aliphatic rings. The predicted octanol–water partition coefficient (Wildman–Crippen LogP) is -0.00820. The first-order chi connectivity index (χ1) is 11.7. The molecule has 25 heavy (non-hydrogen) atoms. The maximum Gasteiger partial charge on any atom is 0.269 e. The molecule has 0 aromatic heterocycles. The van der Waals surface area contributed by atoms with E-state index in [-0.39, 0.29) is 23.6 Å². The fraction of sp³-hybridized carbons (Fsp3) is 0.467. The van der Waals surface area contributed by atoms with Crippen molar-refractivity contribution in [2.75, 3.05) is 0 Å². The standard InChI is InChI=1S/C15H22N4O6/c1-8(2)7-11(20)14(18-23)17-15(22)12(16)13(21)9-3-5-10(6-4-9)19(24)25/h3-6,8,12-14,18,21,23H,7,16H2,1-2H3,(H,17,22)/t12-,13+,14+/m1/s1. The van der Waals surface area contributed by atoms with Crippen molar-refractivity contribution in [3.05, 3.63) is 39.9 Å². The molecular weight excluding hydrogens is 332 g/mol. The number of carbonyl (C=O) groups excluding carboxylic acids is 2. The molecule has 0 aliphatic heterocycles. The van der Waals surface area contributed by atoms with Crippen LogP contribution in [0.3, 0.4) is 0 Å². The molecule has 0 saturated heterocycles. The Morgan fingerprint density at radius 1 is 1.28 bits per heavy atom. The van der Waals surface area contributed by atoms with Gasteiger partial charge in [0.15, 0.2) is 11.9 Å². The van der Waals surface area contributed by atoms with Gasteiger partial charge in [0.05, 0.1) is 4.92 Å². The van der Waals surface area contributed by atoms with E-state index in [1.54, 1.807) is 19.3 Å². The molecule has 138 valence electrons. The number of nitrogens with zero attached hydrogens (tertiary/aromatic N) is 1. The average molecular weight is 354 g/mol. The Morgan fingerprint density at radius 2 is 1.84 bits per heavy atom. The fourth-order valence-corrected chi connectivity index (χ4v) is 2.09. The molecular formula is C15H22N4O6. The number of ketones is 1. The summed E-state index contributed by atoms with van der Waals surface area (Å²) >= 11 is 0. The van der Waals surface area contributed by atoms with Crippen LogP contribution in [0.25, 0.3) is 0 Å². The van der Waals surface area contributed by atoms with Crippen LogP contribution in [0.15, 0.2) is 24.3 Å². The van der Waals surface area contributed by atoms with Crippen molar-refractivity contribution in [2.45, 2.75) is 38.6 Å². The number of carbonyl (C=O) groups is 2. The van der Waals surface area contributed by atoms with Gasteiger partial charge in [-0.2, -0.15) is 5.48 Å². The van der Waals surface area contributed by atoms with Crippen molar-refractivity contribution < 1.29 is 24.8 Å². The summed E-state index contributed by atoms with van der Waals surface area (Å²) in [5.41, 5.74) is 7.41. The number of Topliss-reactive ketones (excluding diaryl/α,β-unsaturated/α-hetero) is 1. The number of amides is 1. The van der Waals surface area contributed by atoms with E-state index < -0.39 is 34.9 Å². The minimum Gasteiger partial charge on any atom is -0.386 e. The highest BCUT2D eigenvalue weighted by Gasteiger charge is 2.28. The van der Waals surface area contributed by atoms with Crippen LogP contribution in [-0.2, 0) is 9.59 Å². The van der Waals surface area contributed by atoms with Crippen LogP contribution in [0.2, 0.25) is 0 Å². The normalized spacial score (nSPS) is 14.6. The summed E-state index contributed by atoms with van der Waals surface area (Å²) in [5, 5.41) is 32.0. The quantitative estimate of drug-likeness (QED) is 0.234. The number of nitro benzene ring substituents is 1. The summed E-state index contributed by atoms with van der Waals surface area (Å²) in [5.74, 6) is -1.28. The summed E-state index contributed by atoms with van der Waals surface area (Å²) in [6.45, 7) is 3.61. The molecule has 0 unspecified atom stereocenters. The Labute approximate surface area is 144 Å². The molecule has 0 saturated carbocycles. The molecule has 1 aromatic carbocycles. The van der Waals surface area contributed by atoms with Gasteiger partial charge in [-0.05, 0) is 23.6 Å². The minimum absolute atomic E-state index is 0.0274. The second kappa shape index (κ2) is 9.18. The van der Waals surface area contributed by atoms with E-state index in [1.807, 2.05) is 0 Å². The summed E-state index contributed by atoms with van der Waals surface area (Å²) in [4.78, 5) is 34.0. The number of benzene rings is 1. The first-order valence-corrected chi connectivity index (χ1v) is 7.58. The molecule has 3 atom stereocenters. The fourth-order valence-electron chi connectivity index (χ4n) is 2.09. The number of rotatable bonds is 9. The summed E-state index contributed by atoms with van der Waals surface area (Å²) in [6.07, 6.45) is -2.66. The van der Waals surface area contributed by atoms with Gasteiger partial charge >= 0.3 is 0 Å². The second-order valence-corrected chi connectivity index (χ2v) is 5.95. The Hall–Kier alpha value is -2.40. The first-order valence-electron chi connectivity index (χ1n) is 7.58. The topological polar surface area (TPSA) is 168 Å². The lowest BCUT2D eigenvalue weighted by Crippen LogP contribution is -2.55. The van der Waals surface area contributed by atoms with Gasteiger partial charge in [0.1, 0.15) is 12.1 Å². The number of nitro groups is 1. The van der Waals surface area contributed by atoms with E-state index in [0.29, 0.717) is 0 Å². The maximum atomic E-state index is 12.1. The van der Waals surface area contributed by atoms with Crippen LogP contribution in [0.1, 0.15) is 31.9 Å². The molecule has 0 spiro atoms. The summed E-state index contributed by atoms with van der Waals surface area (Å²) < 4.78 is 0. The molecule has 0 radical (unpaired) electrons. The lowest BCUT2D eigenvalue weighted by atomic mass is 10.0. The summed E-state index contributed by atoms with van der Waals surface area (Å²) in [7, 11) is 0. The lowest BCUT2D eigenvalue weighted by molar-refractivity contribution is -0.384. The molecule has 0 aliphatic carbocycles. The van der Waals surface area contributed by atoms with Gasteiger partial charge in [0.2, 0.25) is 5.91 Å². The molecule has 1 amide bonds. The Bertz CT molecular complexity index is 619. The second-order valence-electron chi connectivity index (χ2n) is 5.95. The molecule has 10 heteroatoms. The van der Waals surface area contributed by atoms with Crippen molar-refractivity contribution in [1.82, 2.24) is 10.8 Å². The molecule has 1 rings (SSSR count). The van der Waals surface area contributed by atoms with Crippen LogP contribution in [-0.4, -0.2) is 39.1 Å². The van der Waals surface area contributed by atoms with Gasteiger partial charge in [-0.25, -0.2) is 0 Å². The molecule has 1 aromatic rings. The van der Waals surface area contributed by atoms with E-state index in [4.69, 9.17) is 10.9 Å². The number of non-ortho nitro benzene ring substituents is 1. The van der Waals surface area contributed by atoms with Gasteiger partial charge in [0.25, 0.3) is 5.69 Å². The number of hydrogen-bond donors (Lipinski definition) is 5. The third-order valence-corrected chi connectivity index (χ3v) is 3.44. The predicted molar refractivity (Wildman–Crippen MR) is 87.3 cm³/mol. The number of hydroxylamine groups is 1. The van der Waals surface area contributed by atoms with Gasteiger partial charge < -0.3 is 21.4 Å². The molecule has 0 fully saturated rings. The highest BCUT2D eigenvalue weighted by atomic mass is 16.6. The Morgan fingerprint density at radius 3 is 2.28 bits per heavy atom. The number of nitrogens with two attached hydrogens (primary N) is 1. The highest BCUT2D eigenvalue weighted by Crippen LogP contribution is 2.19. The van der Waals surface area contributed by atoms with Crippen LogP contribution in [0.4, 0.5) is 5.69 Å². The van der Waals surface area contributed by atoms with Crippen molar-refractivity contribution >= 4 is 17.4 Å². The molecule has 0 bridgehead atoms. The summed E-state index contributed by atoms with van der Waals surface area (Å²) in [6, 6.07) is 3.47. The van der Waals surface area contributed by atoms with Crippen LogP contribution >= 0.6 is 0 Å². The highest BCUT2D eigenvalue weighted by molar-refractivity contribution is 5.90.